The lowest BCUT2D eigenvalue weighted by Gasteiger charge is -2.23. The number of unbranched alkanes of at least 4 members (excludes halogenated alkanes) is 15. The zero-order valence-corrected chi connectivity index (χ0v) is 28.3. The van der Waals surface area contributed by atoms with Crippen LogP contribution in [0.5, 0.6) is 0 Å². The van der Waals surface area contributed by atoms with Crippen LogP contribution < -0.4 is 31.9 Å². The minimum Gasteiger partial charge on any atom is -0.338 e. The fraction of sp³-hybridized carbons (Fsp3) is 0.909. The Balaban J connectivity index is 4.29. The van der Waals surface area contributed by atoms with Gasteiger partial charge in [0.25, 0.3) is 0 Å². The zero-order valence-electron chi connectivity index (χ0n) is 28.3. The van der Waals surface area contributed by atoms with Gasteiger partial charge in [0.1, 0.15) is 0 Å². The molecule has 0 saturated carbocycles. The van der Waals surface area contributed by atoms with Gasteiger partial charge in [-0.25, -0.2) is 14.4 Å². The summed E-state index contributed by atoms with van der Waals surface area (Å²) in [4.78, 5) is 38.7. The van der Waals surface area contributed by atoms with Gasteiger partial charge in [0, 0.05) is 58.9 Å². The third kappa shape index (κ3) is 31.0. The highest BCUT2D eigenvalue weighted by molar-refractivity contribution is 5.74. The van der Waals surface area contributed by atoms with E-state index in [-0.39, 0.29) is 18.1 Å². The SMILES string of the molecule is CCCCCCCCNC(=O)NCCN(CCNC(=O)NCCCCCCCC)CCNC(=O)NCCCCCCCC. The van der Waals surface area contributed by atoms with Crippen molar-refractivity contribution in [1.82, 2.24) is 36.8 Å². The summed E-state index contributed by atoms with van der Waals surface area (Å²) in [5, 5.41) is 17.6. The molecule has 0 aromatic carbocycles. The largest absolute Gasteiger partial charge is 0.338 e. The third-order valence-electron chi connectivity index (χ3n) is 7.59. The van der Waals surface area contributed by atoms with Crippen LogP contribution in [0.2, 0.25) is 0 Å². The zero-order chi connectivity index (χ0) is 31.6. The fourth-order valence-corrected chi connectivity index (χ4v) is 4.83. The number of carbonyl (C=O) groups is 3. The molecule has 0 unspecified atom stereocenters. The van der Waals surface area contributed by atoms with E-state index in [2.05, 4.69) is 57.6 Å². The Morgan fingerprint density at radius 1 is 0.349 bits per heavy atom. The molecule has 0 radical (unpaired) electrons. The summed E-state index contributed by atoms with van der Waals surface area (Å²) in [7, 11) is 0. The predicted molar refractivity (Wildman–Crippen MR) is 181 cm³/mol. The Labute approximate surface area is 264 Å². The highest BCUT2D eigenvalue weighted by atomic mass is 16.2. The number of urea groups is 3. The molecule has 0 bridgehead atoms. The number of carbonyl (C=O) groups excluding carboxylic acids is 3. The quantitative estimate of drug-likeness (QED) is 0.0536. The van der Waals surface area contributed by atoms with Crippen molar-refractivity contribution in [3.63, 3.8) is 0 Å². The van der Waals surface area contributed by atoms with E-state index < -0.39 is 0 Å². The van der Waals surface area contributed by atoms with Crippen molar-refractivity contribution in [3.8, 4) is 0 Å². The summed E-state index contributed by atoms with van der Waals surface area (Å²) in [5.41, 5.74) is 0. The van der Waals surface area contributed by atoms with Crippen molar-refractivity contribution in [2.24, 2.45) is 0 Å². The molecule has 10 nitrogen and oxygen atoms in total. The van der Waals surface area contributed by atoms with Crippen LogP contribution in [0, 0.1) is 0 Å². The van der Waals surface area contributed by atoms with Crippen molar-refractivity contribution >= 4 is 18.1 Å². The van der Waals surface area contributed by atoms with E-state index in [1.54, 1.807) is 0 Å². The second-order valence-corrected chi connectivity index (χ2v) is 11.7. The van der Waals surface area contributed by atoms with Gasteiger partial charge in [-0.05, 0) is 19.3 Å². The molecule has 254 valence electrons. The van der Waals surface area contributed by atoms with Gasteiger partial charge in [0.05, 0.1) is 0 Å². The van der Waals surface area contributed by atoms with E-state index in [1.165, 1.54) is 77.0 Å². The lowest BCUT2D eigenvalue weighted by molar-refractivity contribution is 0.228. The number of hydrogen-bond donors (Lipinski definition) is 6. The van der Waals surface area contributed by atoms with Gasteiger partial charge in [-0.2, -0.15) is 0 Å². The maximum atomic E-state index is 12.2. The standard InChI is InChI=1S/C33H69N7O3/c1-4-7-10-13-16-19-22-34-31(41)37-25-28-40(29-26-38-32(42)35-23-20-17-14-11-8-5-2)30-27-39-33(43)36-24-21-18-15-12-9-6-3/h4-30H2,1-3H3,(H2,34,37,41)(H2,35,38,42)(H2,36,39,43). The maximum absolute atomic E-state index is 12.2. The van der Waals surface area contributed by atoms with Gasteiger partial charge in [-0.15, -0.1) is 0 Å². The van der Waals surface area contributed by atoms with Crippen molar-refractivity contribution in [3.05, 3.63) is 0 Å². The molecule has 0 aromatic rings. The summed E-state index contributed by atoms with van der Waals surface area (Å²) < 4.78 is 0. The van der Waals surface area contributed by atoms with Crippen LogP contribution in [0.3, 0.4) is 0 Å². The maximum Gasteiger partial charge on any atom is 0.314 e. The topological polar surface area (TPSA) is 127 Å². The highest BCUT2D eigenvalue weighted by Crippen LogP contribution is 2.05. The molecule has 0 aromatic heterocycles. The molecule has 6 amide bonds. The summed E-state index contributed by atoms with van der Waals surface area (Å²) >= 11 is 0. The van der Waals surface area contributed by atoms with E-state index in [1.807, 2.05) is 0 Å². The minimum absolute atomic E-state index is 0.145. The summed E-state index contributed by atoms with van der Waals surface area (Å²) in [6.07, 6.45) is 21.5. The Bertz CT molecular complexity index is 566. The molecular weight excluding hydrogens is 542 g/mol. The van der Waals surface area contributed by atoms with E-state index in [0.717, 1.165) is 38.5 Å². The summed E-state index contributed by atoms with van der Waals surface area (Å²) in [6.45, 7) is 12.1. The average molecular weight is 612 g/mol. The first kappa shape index (κ1) is 40.8. The smallest absolute Gasteiger partial charge is 0.314 e. The van der Waals surface area contributed by atoms with E-state index >= 15 is 0 Å². The Hall–Kier alpha value is -2.23. The first-order chi connectivity index (χ1) is 21.0. The van der Waals surface area contributed by atoms with Crippen LogP contribution in [0.4, 0.5) is 14.4 Å². The number of nitrogens with one attached hydrogen (secondary N) is 6. The average Bonchev–Trinajstić information content (AvgIpc) is 2.99. The molecule has 0 rings (SSSR count). The molecule has 0 aliphatic carbocycles. The highest BCUT2D eigenvalue weighted by Gasteiger charge is 2.09. The number of amides is 6. The van der Waals surface area contributed by atoms with Crippen LogP contribution in [-0.4, -0.2) is 81.9 Å². The lowest BCUT2D eigenvalue weighted by Crippen LogP contribution is -2.46. The van der Waals surface area contributed by atoms with Crippen LogP contribution in [0.15, 0.2) is 0 Å². The molecule has 0 heterocycles. The molecule has 0 aliphatic heterocycles. The van der Waals surface area contributed by atoms with Crippen molar-refractivity contribution in [2.45, 2.75) is 136 Å². The molecule has 0 saturated heterocycles. The molecule has 10 heteroatoms. The lowest BCUT2D eigenvalue weighted by atomic mass is 10.1. The van der Waals surface area contributed by atoms with E-state index in [4.69, 9.17) is 0 Å². The van der Waals surface area contributed by atoms with Crippen molar-refractivity contribution in [1.29, 1.82) is 0 Å². The molecule has 0 fully saturated rings. The Morgan fingerprint density at radius 2 is 0.581 bits per heavy atom. The van der Waals surface area contributed by atoms with E-state index in [0.29, 0.717) is 58.9 Å². The minimum atomic E-state index is -0.145. The first-order valence-corrected chi connectivity index (χ1v) is 17.8. The van der Waals surface area contributed by atoms with Gasteiger partial charge >= 0.3 is 18.1 Å². The first-order valence-electron chi connectivity index (χ1n) is 17.8. The third-order valence-corrected chi connectivity index (χ3v) is 7.59. The normalized spacial score (nSPS) is 10.9. The predicted octanol–water partition coefficient (Wildman–Crippen LogP) is 6.27. The van der Waals surface area contributed by atoms with Crippen LogP contribution in [0.25, 0.3) is 0 Å². The van der Waals surface area contributed by atoms with Crippen LogP contribution in [0.1, 0.15) is 136 Å². The van der Waals surface area contributed by atoms with Gasteiger partial charge in [0.15, 0.2) is 0 Å². The van der Waals surface area contributed by atoms with Gasteiger partial charge < -0.3 is 31.9 Å². The Morgan fingerprint density at radius 3 is 0.860 bits per heavy atom. The molecule has 0 atom stereocenters. The fourth-order valence-electron chi connectivity index (χ4n) is 4.83. The second-order valence-electron chi connectivity index (χ2n) is 11.7. The summed E-state index contributed by atoms with van der Waals surface area (Å²) in [5.74, 6) is 0. The van der Waals surface area contributed by atoms with Gasteiger partial charge in [-0.3, -0.25) is 4.90 Å². The van der Waals surface area contributed by atoms with Crippen LogP contribution >= 0.6 is 0 Å². The number of nitrogens with zero attached hydrogens (tertiary/aromatic N) is 1. The monoisotopic (exact) mass is 612 g/mol. The van der Waals surface area contributed by atoms with E-state index in [9.17, 15) is 14.4 Å². The van der Waals surface area contributed by atoms with Gasteiger partial charge in [-0.1, -0.05) is 117 Å². The summed E-state index contributed by atoms with van der Waals surface area (Å²) in [6, 6.07) is -0.436. The van der Waals surface area contributed by atoms with Crippen molar-refractivity contribution in [2.75, 3.05) is 58.9 Å². The number of hydrogen-bond acceptors (Lipinski definition) is 4. The number of rotatable bonds is 30. The molecule has 43 heavy (non-hydrogen) atoms. The molecule has 6 N–H and O–H groups in total. The molecule has 0 spiro atoms. The van der Waals surface area contributed by atoms with Crippen LogP contribution in [-0.2, 0) is 0 Å². The molecule has 0 aliphatic rings. The second kappa shape index (κ2) is 32.7. The molecular formula is C33H69N7O3. The Kier molecular flexibility index (Phi) is 31.0. The van der Waals surface area contributed by atoms with Gasteiger partial charge in [0.2, 0.25) is 0 Å². The van der Waals surface area contributed by atoms with Crippen molar-refractivity contribution < 1.29 is 14.4 Å².